The van der Waals surface area contributed by atoms with E-state index < -0.39 is 28.7 Å². The number of benzene rings is 1. The van der Waals surface area contributed by atoms with Crippen molar-refractivity contribution in [3.05, 3.63) is 47.5 Å². The van der Waals surface area contributed by atoms with Gasteiger partial charge in [0.1, 0.15) is 0 Å². The van der Waals surface area contributed by atoms with Crippen molar-refractivity contribution in [2.24, 2.45) is 16.7 Å². The molecular formula is C25H28N2O4. The Balaban J connectivity index is 2.27. The minimum atomic E-state index is -1.53. The van der Waals surface area contributed by atoms with E-state index in [2.05, 4.69) is 12.1 Å². The van der Waals surface area contributed by atoms with Crippen LogP contribution in [0.2, 0.25) is 0 Å². The topological polar surface area (TPSA) is 100 Å². The highest BCUT2D eigenvalue weighted by Gasteiger charge is 2.58. The molecule has 162 valence electrons. The molecule has 0 aliphatic heterocycles. The van der Waals surface area contributed by atoms with Crippen molar-refractivity contribution in [2.45, 2.75) is 51.9 Å². The van der Waals surface area contributed by atoms with Crippen LogP contribution in [-0.2, 0) is 19.1 Å². The van der Waals surface area contributed by atoms with Gasteiger partial charge in [0.05, 0.1) is 25.4 Å². The number of hydrogen-bond acceptors (Lipinski definition) is 6. The molecule has 0 N–H and O–H groups in total. The van der Waals surface area contributed by atoms with E-state index in [0.29, 0.717) is 37.7 Å². The standard InChI is InChI=1S/C25H28N2O4/c1-3-30-22(28)25(23(29)31-4-2)13-9-8-12-19-14-20(25)15-21(24(19,16-26)17-27)18-10-6-5-7-11-18/h5-7,10-11,15,19,21H,3-4,8-9,12-14H2,1-2H3/t19-,21-/m0/s1. The molecule has 1 aromatic rings. The van der Waals surface area contributed by atoms with Gasteiger partial charge < -0.3 is 9.47 Å². The second kappa shape index (κ2) is 9.35. The first-order valence-corrected chi connectivity index (χ1v) is 10.9. The molecule has 3 rings (SSSR count). The smallest absolute Gasteiger partial charge is 0.327 e. The molecule has 1 fully saturated rings. The minimum absolute atomic E-state index is 0.152. The molecule has 31 heavy (non-hydrogen) atoms. The van der Waals surface area contributed by atoms with Gasteiger partial charge in [0.2, 0.25) is 0 Å². The second-order valence-electron chi connectivity index (χ2n) is 8.17. The first-order valence-electron chi connectivity index (χ1n) is 10.9. The van der Waals surface area contributed by atoms with Crippen LogP contribution in [0.25, 0.3) is 0 Å². The van der Waals surface area contributed by atoms with E-state index in [0.717, 1.165) is 5.56 Å². The van der Waals surface area contributed by atoms with Crippen LogP contribution in [0.3, 0.4) is 0 Å². The zero-order valence-corrected chi connectivity index (χ0v) is 18.1. The van der Waals surface area contributed by atoms with Crippen LogP contribution in [0, 0.1) is 39.4 Å². The Hall–Kier alpha value is -3.12. The van der Waals surface area contributed by atoms with Gasteiger partial charge in [0.15, 0.2) is 10.8 Å². The maximum Gasteiger partial charge on any atom is 0.327 e. The lowest BCUT2D eigenvalue weighted by atomic mass is 9.55. The van der Waals surface area contributed by atoms with E-state index >= 15 is 0 Å². The number of esters is 2. The summed E-state index contributed by atoms with van der Waals surface area (Å²) < 4.78 is 10.7. The summed E-state index contributed by atoms with van der Waals surface area (Å²) in [7, 11) is 0. The maximum absolute atomic E-state index is 13.3. The fourth-order valence-electron chi connectivity index (χ4n) is 5.09. The molecule has 2 aliphatic carbocycles. The molecule has 2 atom stereocenters. The predicted octanol–water partition coefficient (Wildman–Crippen LogP) is 4.44. The molecule has 1 aromatic carbocycles. The Morgan fingerprint density at radius 3 is 2.19 bits per heavy atom. The monoisotopic (exact) mass is 420 g/mol. The van der Waals surface area contributed by atoms with Gasteiger partial charge in [0.25, 0.3) is 0 Å². The zero-order valence-electron chi connectivity index (χ0n) is 18.1. The van der Waals surface area contributed by atoms with Crippen molar-refractivity contribution in [2.75, 3.05) is 13.2 Å². The number of nitriles is 2. The maximum atomic E-state index is 13.3. The molecule has 2 aliphatic rings. The number of nitrogens with zero attached hydrogens (tertiary/aromatic N) is 2. The highest BCUT2D eigenvalue weighted by Crippen LogP contribution is 2.56. The normalized spacial score (nSPS) is 23.7. The van der Waals surface area contributed by atoms with Crippen molar-refractivity contribution in [3.63, 3.8) is 0 Å². The van der Waals surface area contributed by atoms with Crippen molar-refractivity contribution < 1.29 is 19.1 Å². The van der Waals surface area contributed by atoms with Gasteiger partial charge in [-0.15, -0.1) is 0 Å². The molecule has 1 saturated carbocycles. The largest absolute Gasteiger partial charge is 0.465 e. The van der Waals surface area contributed by atoms with Crippen LogP contribution in [0.4, 0.5) is 0 Å². The Morgan fingerprint density at radius 2 is 1.65 bits per heavy atom. The van der Waals surface area contributed by atoms with Crippen molar-refractivity contribution >= 4 is 11.9 Å². The molecule has 2 bridgehead atoms. The lowest BCUT2D eigenvalue weighted by Gasteiger charge is -2.45. The number of hydrogen-bond donors (Lipinski definition) is 0. The molecule has 0 unspecified atom stereocenters. The lowest BCUT2D eigenvalue weighted by Crippen LogP contribution is -2.48. The zero-order chi connectivity index (χ0) is 22.5. The van der Waals surface area contributed by atoms with Gasteiger partial charge in [-0.2, -0.15) is 10.5 Å². The summed E-state index contributed by atoms with van der Waals surface area (Å²) >= 11 is 0. The predicted molar refractivity (Wildman–Crippen MR) is 113 cm³/mol. The summed E-state index contributed by atoms with van der Waals surface area (Å²) in [6.07, 6.45) is 4.43. The minimum Gasteiger partial charge on any atom is -0.465 e. The van der Waals surface area contributed by atoms with Gasteiger partial charge in [-0.1, -0.05) is 49.2 Å². The van der Waals surface area contributed by atoms with Gasteiger partial charge in [0, 0.05) is 5.92 Å². The van der Waals surface area contributed by atoms with Crippen LogP contribution < -0.4 is 0 Å². The summed E-state index contributed by atoms with van der Waals surface area (Å²) in [6.45, 7) is 3.72. The third-order valence-corrected chi connectivity index (χ3v) is 6.65. The second-order valence-corrected chi connectivity index (χ2v) is 8.17. The number of fused-ring (bicyclic) bond motifs is 2. The fraction of sp³-hybridized carbons (Fsp3) is 0.520. The number of ether oxygens (including phenoxy) is 2. The molecule has 0 saturated heterocycles. The molecule has 0 radical (unpaired) electrons. The van der Waals surface area contributed by atoms with E-state index in [1.165, 1.54) is 0 Å². The van der Waals surface area contributed by atoms with Gasteiger partial charge in [-0.05, 0) is 50.2 Å². The summed E-state index contributed by atoms with van der Waals surface area (Å²) in [6, 6.07) is 14.0. The Labute approximate surface area is 183 Å². The van der Waals surface area contributed by atoms with Crippen molar-refractivity contribution in [3.8, 4) is 12.1 Å². The van der Waals surface area contributed by atoms with E-state index in [1.54, 1.807) is 19.9 Å². The summed E-state index contributed by atoms with van der Waals surface area (Å²) in [5.74, 6) is -2.06. The quantitative estimate of drug-likeness (QED) is 0.397. The molecule has 0 heterocycles. The first kappa shape index (κ1) is 22.6. The fourth-order valence-corrected chi connectivity index (χ4v) is 5.09. The van der Waals surface area contributed by atoms with E-state index in [4.69, 9.17) is 9.47 Å². The van der Waals surface area contributed by atoms with Crippen molar-refractivity contribution in [1.29, 1.82) is 10.5 Å². The Kier molecular flexibility index (Phi) is 6.81. The molecule has 0 aromatic heterocycles. The van der Waals surface area contributed by atoms with E-state index in [1.807, 2.05) is 30.3 Å². The summed E-state index contributed by atoms with van der Waals surface area (Å²) in [5.41, 5.74) is -1.37. The van der Waals surface area contributed by atoms with Gasteiger partial charge in [-0.25, -0.2) is 0 Å². The summed E-state index contributed by atoms with van der Waals surface area (Å²) in [5, 5.41) is 20.4. The number of rotatable bonds is 5. The van der Waals surface area contributed by atoms with E-state index in [9.17, 15) is 20.1 Å². The molecular weight excluding hydrogens is 392 g/mol. The van der Waals surface area contributed by atoms with Crippen LogP contribution in [0.1, 0.15) is 57.4 Å². The average molecular weight is 421 g/mol. The third kappa shape index (κ3) is 3.72. The number of carbonyl (C=O) groups excluding carboxylic acids is 2. The summed E-state index contributed by atoms with van der Waals surface area (Å²) in [4.78, 5) is 26.5. The number of allylic oxidation sites excluding steroid dienone is 1. The molecule has 0 spiro atoms. The van der Waals surface area contributed by atoms with Crippen LogP contribution >= 0.6 is 0 Å². The lowest BCUT2D eigenvalue weighted by molar-refractivity contribution is -0.170. The first-order chi connectivity index (χ1) is 15.0. The molecule has 6 heteroatoms. The SMILES string of the molecule is CCOC(=O)C1(C(=O)OCC)CCCC[C@H]2CC1=C[C@@H](c1ccccc1)C2(C#N)C#N. The Morgan fingerprint density at radius 1 is 1.03 bits per heavy atom. The van der Waals surface area contributed by atoms with Gasteiger partial charge in [-0.3, -0.25) is 9.59 Å². The molecule has 6 nitrogen and oxygen atoms in total. The highest BCUT2D eigenvalue weighted by atomic mass is 16.6. The number of carbonyl (C=O) groups is 2. The van der Waals surface area contributed by atoms with E-state index in [-0.39, 0.29) is 19.1 Å². The van der Waals surface area contributed by atoms with Crippen LogP contribution in [-0.4, -0.2) is 25.2 Å². The van der Waals surface area contributed by atoms with Crippen LogP contribution in [0.15, 0.2) is 42.0 Å². The highest BCUT2D eigenvalue weighted by molar-refractivity contribution is 6.03. The average Bonchev–Trinajstić information content (AvgIpc) is 2.78. The Bertz CT molecular complexity index is 907. The third-order valence-electron chi connectivity index (χ3n) is 6.65. The van der Waals surface area contributed by atoms with Crippen molar-refractivity contribution in [1.82, 2.24) is 0 Å². The molecule has 0 amide bonds. The van der Waals surface area contributed by atoms with Gasteiger partial charge >= 0.3 is 11.9 Å². The van der Waals surface area contributed by atoms with Crippen LogP contribution in [0.5, 0.6) is 0 Å².